The molecule has 0 radical (unpaired) electrons. The number of carbonyl (C=O) groups is 3. The molecule has 216 valence electrons. The highest BCUT2D eigenvalue weighted by molar-refractivity contribution is 5.82. The largest absolute Gasteiger partial charge is 0.445 e. The molecule has 1 N–H and O–H groups in total. The molecule has 0 aromatic heterocycles. The number of alkyl carbamates (subject to hydrolysis) is 1. The van der Waals surface area contributed by atoms with Crippen LogP contribution in [-0.4, -0.2) is 65.7 Å². The van der Waals surface area contributed by atoms with Crippen LogP contribution >= 0.6 is 0 Å². The molecule has 9 heteroatoms. The minimum Gasteiger partial charge on any atom is -0.445 e. The van der Waals surface area contributed by atoms with Crippen molar-refractivity contribution < 1.29 is 28.2 Å². The van der Waals surface area contributed by atoms with Gasteiger partial charge >= 0.3 is 12.2 Å². The Bertz CT molecular complexity index is 1150. The number of nitrogens with one attached hydrogen (secondary N) is 1. The van der Waals surface area contributed by atoms with E-state index in [0.29, 0.717) is 26.1 Å². The molecular formula is C31H40FN3O5. The zero-order valence-electron chi connectivity index (χ0n) is 23.6. The standard InChI is InChI=1S/C31H40FN3O5/c1-31(2,3)40-30(38)35-17-15-27(33-29(37)39-21-23-8-5-4-6-9-23)26(20-35)28(36)34-16-7-10-24(19-34)18-22-11-13-25(32)14-12-22/h4-6,8-9,11-14,24,26-27H,7,10,15-21H2,1-3H3,(H,33,37). The van der Waals surface area contributed by atoms with Crippen molar-refractivity contribution in [3.05, 3.63) is 71.5 Å². The number of rotatable bonds is 6. The Morgan fingerprint density at radius 1 is 0.925 bits per heavy atom. The van der Waals surface area contributed by atoms with Gasteiger partial charge in [-0.2, -0.15) is 0 Å². The van der Waals surface area contributed by atoms with Crippen molar-refractivity contribution in [2.45, 2.75) is 64.7 Å². The van der Waals surface area contributed by atoms with E-state index in [1.165, 1.54) is 12.1 Å². The van der Waals surface area contributed by atoms with Crippen molar-refractivity contribution >= 4 is 18.1 Å². The number of benzene rings is 2. The second-order valence-corrected chi connectivity index (χ2v) is 11.8. The van der Waals surface area contributed by atoms with Gasteiger partial charge in [0, 0.05) is 32.2 Å². The fourth-order valence-electron chi connectivity index (χ4n) is 5.40. The van der Waals surface area contributed by atoms with E-state index in [0.717, 1.165) is 30.4 Å². The second-order valence-electron chi connectivity index (χ2n) is 11.8. The summed E-state index contributed by atoms with van der Waals surface area (Å²) in [6.45, 7) is 7.24. The van der Waals surface area contributed by atoms with E-state index in [1.54, 1.807) is 37.8 Å². The van der Waals surface area contributed by atoms with Gasteiger partial charge in [0.25, 0.3) is 0 Å². The Labute approximate surface area is 235 Å². The molecule has 3 amide bonds. The highest BCUT2D eigenvalue weighted by atomic mass is 19.1. The first kappa shape index (κ1) is 29.4. The van der Waals surface area contributed by atoms with Gasteiger partial charge in [0.15, 0.2) is 0 Å². The number of hydrogen-bond donors (Lipinski definition) is 1. The van der Waals surface area contributed by atoms with Crippen LogP contribution in [-0.2, 0) is 27.3 Å². The highest BCUT2D eigenvalue weighted by Crippen LogP contribution is 2.27. The lowest BCUT2D eigenvalue weighted by molar-refractivity contribution is -0.140. The summed E-state index contributed by atoms with van der Waals surface area (Å²) in [5.74, 6) is -0.742. The van der Waals surface area contributed by atoms with Crippen LogP contribution in [0, 0.1) is 17.7 Å². The molecule has 2 heterocycles. The van der Waals surface area contributed by atoms with Crippen LogP contribution in [0.4, 0.5) is 14.0 Å². The smallest absolute Gasteiger partial charge is 0.410 e. The van der Waals surface area contributed by atoms with Crippen molar-refractivity contribution in [2.75, 3.05) is 26.2 Å². The monoisotopic (exact) mass is 553 g/mol. The fourth-order valence-corrected chi connectivity index (χ4v) is 5.40. The van der Waals surface area contributed by atoms with Gasteiger partial charge < -0.3 is 24.6 Å². The molecule has 3 atom stereocenters. The van der Waals surface area contributed by atoms with E-state index < -0.39 is 29.7 Å². The Morgan fingerprint density at radius 3 is 2.35 bits per heavy atom. The number of hydrogen-bond acceptors (Lipinski definition) is 5. The van der Waals surface area contributed by atoms with Crippen molar-refractivity contribution in [2.24, 2.45) is 11.8 Å². The van der Waals surface area contributed by atoms with Crippen molar-refractivity contribution in [3.63, 3.8) is 0 Å². The van der Waals surface area contributed by atoms with E-state index in [9.17, 15) is 18.8 Å². The molecule has 2 fully saturated rings. The Hall–Kier alpha value is -3.62. The molecule has 2 saturated heterocycles. The normalized spacial score (nSPS) is 21.4. The Kier molecular flexibility index (Phi) is 9.66. The highest BCUT2D eigenvalue weighted by Gasteiger charge is 2.41. The minimum absolute atomic E-state index is 0.0922. The molecule has 4 rings (SSSR count). The third kappa shape index (κ3) is 8.44. The zero-order valence-corrected chi connectivity index (χ0v) is 23.6. The quantitative estimate of drug-likeness (QED) is 0.534. The van der Waals surface area contributed by atoms with Crippen LogP contribution < -0.4 is 5.32 Å². The summed E-state index contributed by atoms with van der Waals surface area (Å²) in [6, 6.07) is 15.4. The first-order valence-electron chi connectivity index (χ1n) is 14.1. The molecule has 8 nitrogen and oxygen atoms in total. The molecule has 0 bridgehead atoms. The number of ether oxygens (including phenoxy) is 2. The average molecular weight is 554 g/mol. The number of likely N-dealkylation sites (tertiary alicyclic amines) is 2. The molecule has 2 aromatic carbocycles. The van der Waals surface area contributed by atoms with Crippen LogP contribution in [0.3, 0.4) is 0 Å². The lowest BCUT2D eigenvalue weighted by atomic mass is 9.87. The first-order chi connectivity index (χ1) is 19.1. The maximum Gasteiger partial charge on any atom is 0.410 e. The van der Waals surface area contributed by atoms with Crippen molar-refractivity contribution in [1.82, 2.24) is 15.1 Å². The maximum absolute atomic E-state index is 13.9. The summed E-state index contributed by atoms with van der Waals surface area (Å²) in [5, 5.41) is 2.90. The summed E-state index contributed by atoms with van der Waals surface area (Å²) < 4.78 is 24.4. The second kappa shape index (κ2) is 13.2. The van der Waals surface area contributed by atoms with E-state index in [1.807, 2.05) is 35.2 Å². The summed E-state index contributed by atoms with van der Waals surface area (Å²) in [4.78, 5) is 42.9. The average Bonchev–Trinajstić information content (AvgIpc) is 2.93. The molecule has 2 aromatic rings. The van der Waals surface area contributed by atoms with Crippen molar-refractivity contribution in [3.8, 4) is 0 Å². The lowest BCUT2D eigenvalue weighted by Gasteiger charge is -2.42. The van der Waals surface area contributed by atoms with E-state index >= 15 is 0 Å². The lowest BCUT2D eigenvalue weighted by Crippen LogP contribution is -2.58. The summed E-state index contributed by atoms with van der Waals surface area (Å²) in [7, 11) is 0. The van der Waals surface area contributed by atoms with Crippen LogP contribution in [0.2, 0.25) is 0 Å². The van der Waals surface area contributed by atoms with Crippen LogP contribution in [0.15, 0.2) is 54.6 Å². The number of halogens is 1. The molecule has 2 aliphatic rings. The van der Waals surface area contributed by atoms with E-state index in [2.05, 4.69) is 5.32 Å². The predicted octanol–water partition coefficient (Wildman–Crippen LogP) is 5.16. The molecular weight excluding hydrogens is 513 g/mol. The number of amides is 3. The first-order valence-corrected chi connectivity index (χ1v) is 14.1. The summed E-state index contributed by atoms with van der Waals surface area (Å²) in [6.07, 6.45) is 1.93. The molecule has 0 aliphatic carbocycles. The molecule has 0 saturated carbocycles. The van der Waals surface area contributed by atoms with Gasteiger partial charge in [-0.25, -0.2) is 14.0 Å². The van der Waals surface area contributed by atoms with Crippen LogP contribution in [0.5, 0.6) is 0 Å². The summed E-state index contributed by atoms with van der Waals surface area (Å²) >= 11 is 0. The number of carbonyl (C=O) groups excluding carboxylic acids is 3. The minimum atomic E-state index is -0.659. The van der Waals surface area contributed by atoms with Crippen LogP contribution in [0.1, 0.15) is 51.2 Å². The van der Waals surface area contributed by atoms with Gasteiger partial charge in [-0.3, -0.25) is 4.79 Å². The van der Waals surface area contributed by atoms with Crippen molar-refractivity contribution in [1.29, 1.82) is 0 Å². The third-order valence-corrected chi connectivity index (χ3v) is 7.37. The Morgan fingerprint density at radius 2 is 1.65 bits per heavy atom. The van der Waals surface area contributed by atoms with E-state index in [4.69, 9.17) is 9.47 Å². The Balaban J connectivity index is 1.43. The SMILES string of the molecule is CC(C)(C)OC(=O)N1CCC(NC(=O)OCc2ccccc2)C(C(=O)N2CCCC(Cc3ccc(F)cc3)C2)C1. The molecule has 3 unspecified atom stereocenters. The molecule has 2 aliphatic heterocycles. The summed E-state index contributed by atoms with van der Waals surface area (Å²) in [5.41, 5.74) is 1.24. The van der Waals surface area contributed by atoms with Crippen LogP contribution in [0.25, 0.3) is 0 Å². The van der Waals surface area contributed by atoms with Gasteiger partial charge in [0.1, 0.15) is 18.0 Å². The maximum atomic E-state index is 13.9. The third-order valence-electron chi connectivity index (χ3n) is 7.37. The molecule has 40 heavy (non-hydrogen) atoms. The topological polar surface area (TPSA) is 88.2 Å². The fraction of sp³-hybridized carbons (Fsp3) is 0.516. The van der Waals surface area contributed by atoms with Gasteiger partial charge in [0.05, 0.1) is 5.92 Å². The van der Waals surface area contributed by atoms with Gasteiger partial charge in [-0.1, -0.05) is 42.5 Å². The predicted molar refractivity (Wildman–Crippen MR) is 149 cm³/mol. The van der Waals surface area contributed by atoms with Gasteiger partial charge in [-0.05, 0) is 75.6 Å². The van der Waals surface area contributed by atoms with E-state index in [-0.39, 0.29) is 30.8 Å². The van der Waals surface area contributed by atoms with Gasteiger partial charge in [-0.15, -0.1) is 0 Å². The number of nitrogens with zero attached hydrogens (tertiary/aromatic N) is 2. The number of piperidine rings is 2. The van der Waals surface area contributed by atoms with Gasteiger partial charge in [0.2, 0.25) is 5.91 Å². The molecule has 0 spiro atoms. The zero-order chi connectivity index (χ0) is 28.7.